The summed E-state index contributed by atoms with van der Waals surface area (Å²) in [4.78, 5) is 10.9. The van der Waals surface area contributed by atoms with E-state index in [2.05, 4.69) is 6.08 Å². The molecule has 0 heterocycles. The van der Waals surface area contributed by atoms with Crippen LogP contribution in [0.25, 0.3) is 0 Å². The Kier molecular flexibility index (Phi) is 2.90. The third kappa shape index (κ3) is 2.58. The summed E-state index contributed by atoms with van der Waals surface area (Å²) in [6.07, 6.45) is 7.61. The molecule has 0 aliphatic heterocycles. The Labute approximate surface area is 66.5 Å². The SMILES string of the molecule is CCOC(=O)/C=C1\C=CCC1. The van der Waals surface area contributed by atoms with Gasteiger partial charge in [-0.1, -0.05) is 12.2 Å². The number of esters is 1. The van der Waals surface area contributed by atoms with Gasteiger partial charge in [0, 0.05) is 6.08 Å². The Morgan fingerprint density at radius 3 is 3.18 bits per heavy atom. The van der Waals surface area contributed by atoms with Gasteiger partial charge in [0.1, 0.15) is 0 Å². The minimum atomic E-state index is -0.228. The van der Waals surface area contributed by atoms with Crippen LogP contribution in [0.3, 0.4) is 0 Å². The van der Waals surface area contributed by atoms with Crippen molar-refractivity contribution in [3.63, 3.8) is 0 Å². The fraction of sp³-hybridized carbons (Fsp3) is 0.444. The van der Waals surface area contributed by atoms with Crippen LogP contribution >= 0.6 is 0 Å². The monoisotopic (exact) mass is 152 g/mol. The summed E-state index contributed by atoms with van der Waals surface area (Å²) in [5, 5.41) is 0. The van der Waals surface area contributed by atoms with E-state index in [1.807, 2.05) is 6.08 Å². The van der Waals surface area contributed by atoms with E-state index in [1.54, 1.807) is 13.0 Å². The summed E-state index contributed by atoms with van der Waals surface area (Å²) in [6.45, 7) is 2.26. The van der Waals surface area contributed by atoms with Crippen LogP contribution in [0.5, 0.6) is 0 Å². The lowest BCUT2D eigenvalue weighted by atomic mass is 10.2. The molecule has 0 saturated heterocycles. The largest absolute Gasteiger partial charge is 0.463 e. The molecule has 0 unspecified atom stereocenters. The first kappa shape index (κ1) is 8.05. The number of hydrogen-bond donors (Lipinski definition) is 0. The minimum Gasteiger partial charge on any atom is -0.463 e. The van der Waals surface area contributed by atoms with Gasteiger partial charge in [-0.05, 0) is 25.3 Å². The van der Waals surface area contributed by atoms with E-state index in [-0.39, 0.29) is 5.97 Å². The van der Waals surface area contributed by atoms with Gasteiger partial charge in [0.25, 0.3) is 0 Å². The normalized spacial score (nSPS) is 19.2. The van der Waals surface area contributed by atoms with Crippen LogP contribution in [0.2, 0.25) is 0 Å². The highest BCUT2D eigenvalue weighted by Gasteiger charge is 2.02. The van der Waals surface area contributed by atoms with Crippen molar-refractivity contribution in [1.82, 2.24) is 0 Å². The molecule has 2 heteroatoms. The molecule has 1 aliphatic rings. The molecular formula is C9H12O2. The first-order valence-electron chi connectivity index (χ1n) is 3.87. The van der Waals surface area contributed by atoms with Crippen molar-refractivity contribution in [3.05, 3.63) is 23.8 Å². The average molecular weight is 152 g/mol. The third-order valence-electron chi connectivity index (χ3n) is 1.52. The van der Waals surface area contributed by atoms with Crippen molar-refractivity contribution in [2.24, 2.45) is 0 Å². The summed E-state index contributed by atoms with van der Waals surface area (Å²) in [5.74, 6) is -0.228. The lowest BCUT2D eigenvalue weighted by molar-refractivity contribution is -0.137. The number of carbonyl (C=O) groups excluding carboxylic acids is 1. The quantitative estimate of drug-likeness (QED) is 0.445. The Bertz CT molecular complexity index is 202. The van der Waals surface area contributed by atoms with E-state index in [0.717, 1.165) is 18.4 Å². The van der Waals surface area contributed by atoms with E-state index in [0.29, 0.717) is 6.61 Å². The summed E-state index contributed by atoms with van der Waals surface area (Å²) < 4.78 is 4.75. The van der Waals surface area contributed by atoms with Crippen LogP contribution in [-0.2, 0) is 9.53 Å². The Hall–Kier alpha value is -1.05. The molecule has 60 valence electrons. The molecule has 1 aliphatic carbocycles. The standard InChI is InChI=1S/C9H12O2/c1-2-11-9(10)7-8-5-3-4-6-8/h3,5,7H,2,4,6H2,1H3/b8-7+. The van der Waals surface area contributed by atoms with Crippen molar-refractivity contribution in [2.45, 2.75) is 19.8 Å². The molecule has 0 saturated carbocycles. The predicted octanol–water partition coefficient (Wildman–Crippen LogP) is 1.83. The lowest BCUT2D eigenvalue weighted by Crippen LogP contribution is -1.99. The average Bonchev–Trinajstić information content (AvgIpc) is 2.40. The fourth-order valence-electron chi connectivity index (χ4n) is 1.02. The number of ether oxygens (including phenoxy) is 1. The maximum atomic E-state index is 10.9. The first-order chi connectivity index (χ1) is 5.33. The second kappa shape index (κ2) is 3.96. The molecular weight excluding hydrogens is 140 g/mol. The molecule has 0 radical (unpaired) electrons. The molecule has 0 aromatic rings. The van der Waals surface area contributed by atoms with Crippen LogP contribution in [0.4, 0.5) is 0 Å². The molecule has 0 atom stereocenters. The summed E-state index contributed by atoms with van der Waals surface area (Å²) >= 11 is 0. The van der Waals surface area contributed by atoms with Crippen molar-refractivity contribution >= 4 is 5.97 Å². The van der Waals surface area contributed by atoms with Gasteiger partial charge in [0.2, 0.25) is 0 Å². The van der Waals surface area contributed by atoms with Gasteiger partial charge in [-0.15, -0.1) is 0 Å². The fourth-order valence-corrected chi connectivity index (χ4v) is 1.02. The van der Waals surface area contributed by atoms with Crippen LogP contribution in [0.1, 0.15) is 19.8 Å². The molecule has 0 spiro atoms. The van der Waals surface area contributed by atoms with E-state index in [1.165, 1.54) is 0 Å². The molecule has 0 bridgehead atoms. The van der Waals surface area contributed by atoms with Gasteiger partial charge in [-0.2, -0.15) is 0 Å². The van der Waals surface area contributed by atoms with Crippen molar-refractivity contribution < 1.29 is 9.53 Å². The van der Waals surface area contributed by atoms with Gasteiger partial charge in [-0.3, -0.25) is 0 Å². The second-order valence-electron chi connectivity index (χ2n) is 2.41. The van der Waals surface area contributed by atoms with E-state index < -0.39 is 0 Å². The molecule has 0 aromatic carbocycles. The zero-order valence-corrected chi connectivity index (χ0v) is 6.67. The minimum absolute atomic E-state index is 0.228. The Morgan fingerprint density at radius 2 is 2.64 bits per heavy atom. The second-order valence-corrected chi connectivity index (χ2v) is 2.41. The molecule has 0 N–H and O–H groups in total. The highest BCUT2D eigenvalue weighted by Crippen LogP contribution is 2.15. The van der Waals surface area contributed by atoms with Gasteiger partial charge >= 0.3 is 5.97 Å². The molecule has 2 nitrogen and oxygen atoms in total. The molecule has 0 fully saturated rings. The highest BCUT2D eigenvalue weighted by molar-refractivity contribution is 5.83. The molecule has 0 aromatic heterocycles. The van der Waals surface area contributed by atoms with Crippen molar-refractivity contribution in [2.75, 3.05) is 6.61 Å². The van der Waals surface area contributed by atoms with Gasteiger partial charge in [-0.25, -0.2) is 4.79 Å². The van der Waals surface area contributed by atoms with Gasteiger partial charge in [0.15, 0.2) is 0 Å². The maximum Gasteiger partial charge on any atom is 0.331 e. The van der Waals surface area contributed by atoms with Crippen molar-refractivity contribution in [1.29, 1.82) is 0 Å². The highest BCUT2D eigenvalue weighted by atomic mass is 16.5. The first-order valence-corrected chi connectivity index (χ1v) is 3.87. The predicted molar refractivity (Wildman–Crippen MR) is 43.1 cm³/mol. The topological polar surface area (TPSA) is 26.3 Å². The van der Waals surface area contributed by atoms with E-state index >= 15 is 0 Å². The summed E-state index contributed by atoms with van der Waals surface area (Å²) in [7, 11) is 0. The van der Waals surface area contributed by atoms with Crippen LogP contribution < -0.4 is 0 Å². The van der Waals surface area contributed by atoms with Crippen LogP contribution in [-0.4, -0.2) is 12.6 Å². The number of hydrogen-bond acceptors (Lipinski definition) is 2. The van der Waals surface area contributed by atoms with E-state index in [9.17, 15) is 4.79 Å². The Morgan fingerprint density at radius 1 is 1.82 bits per heavy atom. The molecule has 0 amide bonds. The number of allylic oxidation sites excluding steroid dienone is 3. The zero-order chi connectivity index (χ0) is 8.10. The number of rotatable bonds is 2. The number of carbonyl (C=O) groups is 1. The van der Waals surface area contributed by atoms with Crippen LogP contribution in [0, 0.1) is 0 Å². The maximum absolute atomic E-state index is 10.9. The summed E-state index contributed by atoms with van der Waals surface area (Å²) in [6, 6.07) is 0. The van der Waals surface area contributed by atoms with Gasteiger partial charge < -0.3 is 4.74 Å². The lowest BCUT2D eigenvalue weighted by Gasteiger charge is -1.96. The zero-order valence-electron chi connectivity index (χ0n) is 6.67. The van der Waals surface area contributed by atoms with Gasteiger partial charge in [0.05, 0.1) is 6.61 Å². The molecule has 11 heavy (non-hydrogen) atoms. The van der Waals surface area contributed by atoms with Crippen molar-refractivity contribution in [3.8, 4) is 0 Å². The van der Waals surface area contributed by atoms with E-state index in [4.69, 9.17) is 4.74 Å². The Balaban J connectivity index is 2.44. The summed E-state index contributed by atoms with van der Waals surface area (Å²) in [5.41, 5.74) is 1.07. The molecule has 1 rings (SSSR count). The smallest absolute Gasteiger partial charge is 0.331 e. The third-order valence-corrected chi connectivity index (χ3v) is 1.52. The van der Waals surface area contributed by atoms with Crippen LogP contribution in [0.15, 0.2) is 23.8 Å².